The monoisotopic (exact) mass is 422 g/mol. The molecule has 0 aliphatic heterocycles. The minimum absolute atomic E-state index is 0.444. The maximum atomic E-state index is 4.80. The molecule has 0 N–H and O–H groups in total. The molecule has 0 amide bonds. The van der Waals surface area contributed by atoms with Crippen molar-refractivity contribution < 1.29 is 0 Å². The zero-order valence-electron chi connectivity index (χ0n) is 18.7. The third kappa shape index (κ3) is 5.21. The Kier molecular flexibility index (Phi) is 7.15. The maximum Gasteiger partial charge on any atom is 0.253 e. The van der Waals surface area contributed by atoms with E-state index in [0.29, 0.717) is 5.95 Å². The Hall–Kier alpha value is -2.80. The molecule has 0 bridgehead atoms. The molecule has 3 rings (SSSR count). The number of rotatable bonds is 6. The number of unbranched alkanes of at least 4 members (excludes halogenated alkanes) is 1. The van der Waals surface area contributed by atoms with Gasteiger partial charge in [0.2, 0.25) is 5.96 Å². The molecule has 0 fully saturated rings. The smallest absolute Gasteiger partial charge is 0.253 e. The van der Waals surface area contributed by atoms with Crippen molar-refractivity contribution in [2.24, 2.45) is 4.99 Å². The van der Waals surface area contributed by atoms with Gasteiger partial charge in [0.15, 0.2) is 0 Å². The number of benzene rings is 1. The van der Waals surface area contributed by atoms with Crippen molar-refractivity contribution in [3.63, 3.8) is 0 Å². The zero-order valence-corrected chi connectivity index (χ0v) is 19.5. The molecule has 30 heavy (non-hydrogen) atoms. The van der Waals surface area contributed by atoms with Gasteiger partial charge in [0.1, 0.15) is 5.01 Å². The average molecular weight is 423 g/mol. The van der Waals surface area contributed by atoms with Crippen LogP contribution >= 0.6 is 11.3 Å². The maximum absolute atomic E-state index is 4.80. The third-order valence-electron chi connectivity index (χ3n) is 4.69. The van der Waals surface area contributed by atoms with Gasteiger partial charge in [0.05, 0.1) is 16.3 Å². The predicted molar refractivity (Wildman–Crippen MR) is 126 cm³/mol. The molecule has 0 saturated carbocycles. The lowest BCUT2D eigenvalue weighted by atomic mass is 10.1. The molecule has 7 heteroatoms. The minimum Gasteiger partial charge on any atom is -0.349 e. The van der Waals surface area contributed by atoms with Crippen LogP contribution in [0.5, 0.6) is 0 Å². The Morgan fingerprint density at radius 1 is 1.00 bits per heavy atom. The Labute approximate surface area is 183 Å². The fourth-order valence-electron chi connectivity index (χ4n) is 3.17. The SMILES string of the molecule is CCCCc1ccc(-c2nc(C)c(-c3ccnc(N=C(N(C)C)N(C)C)n3)s2)cc1. The van der Waals surface area contributed by atoms with E-state index >= 15 is 0 Å². The molecule has 2 aromatic heterocycles. The van der Waals surface area contributed by atoms with E-state index in [1.54, 1.807) is 17.5 Å². The van der Waals surface area contributed by atoms with Crippen molar-refractivity contribution in [1.29, 1.82) is 0 Å². The van der Waals surface area contributed by atoms with E-state index in [4.69, 9.17) is 4.98 Å². The van der Waals surface area contributed by atoms with Gasteiger partial charge in [-0.1, -0.05) is 37.6 Å². The fourth-order valence-corrected chi connectivity index (χ4v) is 4.21. The van der Waals surface area contributed by atoms with Gasteiger partial charge in [-0.15, -0.1) is 11.3 Å². The van der Waals surface area contributed by atoms with E-state index in [1.807, 2.05) is 51.0 Å². The normalized spacial score (nSPS) is 10.7. The first kappa shape index (κ1) is 21.9. The van der Waals surface area contributed by atoms with Crippen LogP contribution in [0.2, 0.25) is 0 Å². The van der Waals surface area contributed by atoms with E-state index in [-0.39, 0.29) is 0 Å². The van der Waals surface area contributed by atoms with Gasteiger partial charge in [0, 0.05) is 40.0 Å². The highest BCUT2D eigenvalue weighted by atomic mass is 32.1. The molecule has 2 heterocycles. The molecule has 0 atom stereocenters. The molecule has 0 spiro atoms. The van der Waals surface area contributed by atoms with Crippen molar-refractivity contribution in [2.75, 3.05) is 28.2 Å². The third-order valence-corrected chi connectivity index (χ3v) is 5.92. The highest BCUT2D eigenvalue weighted by Gasteiger charge is 2.14. The molecule has 0 aliphatic carbocycles. The first-order valence-electron chi connectivity index (χ1n) is 10.2. The highest BCUT2D eigenvalue weighted by molar-refractivity contribution is 7.18. The standard InChI is InChI=1S/C23H30N6S/c1-7-8-9-17-10-12-18(13-11-17)21-25-16(2)20(30-21)19-14-15-24-22(26-19)27-23(28(3)4)29(5)6/h10-15H,7-9H2,1-6H3. The summed E-state index contributed by atoms with van der Waals surface area (Å²) >= 11 is 1.66. The van der Waals surface area contributed by atoms with E-state index in [2.05, 4.69) is 46.1 Å². The number of nitrogens with zero attached hydrogens (tertiary/aromatic N) is 6. The number of thiazole rings is 1. The lowest BCUT2D eigenvalue weighted by Gasteiger charge is -2.22. The number of aromatic nitrogens is 3. The molecule has 158 valence electrons. The molecule has 3 aromatic rings. The van der Waals surface area contributed by atoms with E-state index in [9.17, 15) is 0 Å². The van der Waals surface area contributed by atoms with Crippen LogP contribution in [0.25, 0.3) is 21.1 Å². The first-order valence-corrected chi connectivity index (χ1v) is 11.0. The van der Waals surface area contributed by atoms with Gasteiger partial charge in [-0.25, -0.2) is 15.0 Å². The summed E-state index contributed by atoms with van der Waals surface area (Å²) in [5.41, 5.74) is 4.34. The van der Waals surface area contributed by atoms with E-state index < -0.39 is 0 Å². The summed E-state index contributed by atoms with van der Waals surface area (Å²) in [6.45, 7) is 4.25. The first-order chi connectivity index (χ1) is 14.4. The summed E-state index contributed by atoms with van der Waals surface area (Å²) in [4.78, 5) is 23.3. The topological polar surface area (TPSA) is 57.5 Å². The second-order valence-electron chi connectivity index (χ2n) is 7.68. The molecule has 0 aliphatic rings. The Morgan fingerprint density at radius 2 is 1.70 bits per heavy atom. The quantitative estimate of drug-likeness (QED) is 0.412. The van der Waals surface area contributed by atoms with Crippen molar-refractivity contribution in [3.05, 3.63) is 47.8 Å². The van der Waals surface area contributed by atoms with Crippen molar-refractivity contribution in [2.45, 2.75) is 33.1 Å². The highest BCUT2D eigenvalue weighted by Crippen LogP contribution is 2.34. The summed E-state index contributed by atoms with van der Waals surface area (Å²) < 4.78 is 0. The average Bonchev–Trinajstić information content (AvgIpc) is 3.12. The number of guanidine groups is 1. The molecule has 6 nitrogen and oxygen atoms in total. The van der Waals surface area contributed by atoms with Crippen LogP contribution in [0.1, 0.15) is 31.0 Å². The van der Waals surface area contributed by atoms with Gasteiger partial charge in [-0.2, -0.15) is 4.99 Å². The van der Waals surface area contributed by atoms with Crippen LogP contribution < -0.4 is 0 Å². The largest absolute Gasteiger partial charge is 0.349 e. The second kappa shape index (κ2) is 9.80. The van der Waals surface area contributed by atoms with Gasteiger partial charge < -0.3 is 9.80 Å². The number of aliphatic imine (C=N–C) groups is 1. The number of hydrogen-bond donors (Lipinski definition) is 0. The van der Waals surface area contributed by atoms with Crippen LogP contribution in [-0.4, -0.2) is 58.9 Å². The molecule has 1 aromatic carbocycles. The zero-order chi connectivity index (χ0) is 21.7. The Balaban J connectivity index is 1.89. The number of hydrogen-bond acceptors (Lipinski definition) is 5. The van der Waals surface area contributed by atoms with Crippen molar-refractivity contribution in [3.8, 4) is 21.1 Å². The Morgan fingerprint density at radius 3 is 2.33 bits per heavy atom. The summed E-state index contributed by atoms with van der Waals surface area (Å²) in [6.07, 6.45) is 5.32. The second-order valence-corrected chi connectivity index (χ2v) is 8.68. The van der Waals surface area contributed by atoms with Gasteiger partial charge in [0.25, 0.3) is 5.95 Å². The van der Waals surface area contributed by atoms with Crippen LogP contribution in [-0.2, 0) is 6.42 Å². The van der Waals surface area contributed by atoms with Crippen molar-refractivity contribution >= 4 is 23.2 Å². The van der Waals surface area contributed by atoms with Gasteiger partial charge >= 0.3 is 0 Å². The lowest BCUT2D eigenvalue weighted by Crippen LogP contribution is -2.35. The molecular formula is C23H30N6S. The summed E-state index contributed by atoms with van der Waals surface area (Å²) in [5.74, 6) is 1.23. The molecular weight excluding hydrogens is 392 g/mol. The summed E-state index contributed by atoms with van der Waals surface area (Å²) in [6, 6.07) is 10.7. The van der Waals surface area contributed by atoms with Crippen LogP contribution in [0.15, 0.2) is 41.5 Å². The van der Waals surface area contributed by atoms with Crippen molar-refractivity contribution in [1.82, 2.24) is 24.8 Å². The van der Waals surface area contributed by atoms with Crippen LogP contribution in [0.3, 0.4) is 0 Å². The minimum atomic E-state index is 0.444. The van der Waals surface area contributed by atoms with Crippen LogP contribution in [0.4, 0.5) is 5.95 Å². The lowest BCUT2D eigenvalue weighted by molar-refractivity contribution is 0.483. The molecule has 0 unspecified atom stereocenters. The van der Waals surface area contributed by atoms with E-state index in [0.717, 1.165) is 39.2 Å². The van der Waals surface area contributed by atoms with E-state index in [1.165, 1.54) is 18.4 Å². The predicted octanol–water partition coefficient (Wildman–Crippen LogP) is 5.03. The molecule has 0 saturated heterocycles. The number of aryl methyl sites for hydroxylation is 2. The Bertz CT molecular complexity index is 995. The summed E-state index contributed by atoms with van der Waals surface area (Å²) in [5, 5.41) is 1.01. The van der Waals surface area contributed by atoms with Gasteiger partial charge in [-0.05, 0) is 31.4 Å². The van der Waals surface area contributed by atoms with Gasteiger partial charge in [-0.3, -0.25) is 0 Å². The fraction of sp³-hybridized carbons (Fsp3) is 0.391. The van der Waals surface area contributed by atoms with Crippen LogP contribution in [0, 0.1) is 6.92 Å². The summed E-state index contributed by atoms with van der Waals surface area (Å²) in [7, 11) is 7.82. The molecule has 0 radical (unpaired) electrons.